The van der Waals surface area contributed by atoms with Gasteiger partial charge in [-0.1, -0.05) is 18.5 Å². The van der Waals surface area contributed by atoms with Gasteiger partial charge in [-0.3, -0.25) is 4.79 Å². The first-order valence-electron chi connectivity index (χ1n) is 6.94. The molecule has 1 aromatic carbocycles. The topological polar surface area (TPSA) is 32.3 Å². The molecule has 1 fully saturated rings. The first-order chi connectivity index (χ1) is 9.11. The van der Waals surface area contributed by atoms with E-state index in [1.54, 1.807) is 6.07 Å². The molecule has 4 heteroatoms. The molecule has 0 bridgehead atoms. The van der Waals surface area contributed by atoms with Crippen LogP contribution < -0.4 is 5.32 Å². The number of hydrogen-bond acceptors (Lipinski definition) is 2. The van der Waals surface area contributed by atoms with Crippen LogP contribution in [-0.2, 0) is 0 Å². The monoisotopic (exact) mass is 280 g/mol. The zero-order valence-corrected chi connectivity index (χ0v) is 12.3. The Morgan fingerprint density at radius 2 is 2.32 bits per heavy atom. The van der Waals surface area contributed by atoms with Crippen LogP contribution >= 0.6 is 11.6 Å². The average Bonchev–Trinajstić information content (AvgIpc) is 2.40. The third-order valence-electron chi connectivity index (χ3n) is 3.52. The lowest BCUT2D eigenvalue weighted by Crippen LogP contribution is -2.39. The summed E-state index contributed by atoms with van der Waals surface area (Å²) in [5.74, 6) is 0.671. The summed E-state index contributed by atoms with van der Waals surface area (Å²) in [4.78, 5) is 14.6. The highest BCUT2D eigenvalue weighted by atomic mass is 35.5. The van der Waals surface area contributed by atoms with E-state index in [9.17, 15) is 4.79 Å². The number of carbonyl (C=O) groups excluding carboxylic acids is 1. The van der Waals surface area contributed by atoms with Crippen LogP contribution in [-0.4, -0.2) is 30.4 Å². The number of anilines is 1. The van der Waals surface area contributed by atoms with Gasteiger partial charge in [-0.15, -0.1) is 0 Å². The lowest BCUT2D eigenvalue weighted by Gasteiger charge is -2.31. The molecule has 2 rings (SSSR count). The van der Waals surface area contributed by atoms with Gasteiger partial charge in [0.1, 0.15) is 0 Å². The maximum absolute atomic E-state index is 12.6. The summed E-state index contributed by atoms with van der Waals surface area (Å²) < 4.78 is 0. The number of benzene rings is 1. The quantitative estimate of drug-likeness (QED) is 0.917. The number of rotatable bonds is 3. The van der Waals surface area contributed by atoms with Crippen LogP contribution in [0.3, 0.4) is 0 Å². The van der Waals surface area contributed by atoms with Crippen molar-refractivity contribution in [1.82, 2.24) is 4.90 Å². The molecule has 1 unspecified atom stereocenters. The molecule has 0 spiro atoms. The van der Waals surface area contributed by atoms with Crippen LogP contribution in [0.15, 0.2) is 18.2 Å². The normalized spacial score (nSPS) is 19.3. The van der Waals surface area contributed by atoms with Gasteiger partial charge in [0.25, 0.3) is 5.91 Å². The second-order valence-electron chi connectivity index (χ2n) is 5.22. The molecular weight excluding hydrogens is 260 g/mol. The predicted octanol–water partition coefficient (Wildman–Crippen LogP) is 3.64. The van der Waals surface area contributed by atoms with Gasteiger partial charge in [-0.2, -0.15) is 0 Å². The van der Waals surface area contributed by atoms with Crippen molar-refractivity contribution in [2.24, 2.45) is 5.92 Å². The summed E-state index contributed by atoms with van der Waals surface area (Å²) in [6.07, 6.45) is 2.30. The number of carbonyl (C=O) groups is 1. The molecule has 0 radical (unpaired) electrons. The van der Waals surface area contributed by atoms with Gasteiger partial charge in [0, 0.05) is 30.3 Å². The Morgan fingerprint density at radius 1 is 1.53 bits per heavy atom. The zero-order valence-electron chi connectivity index (χ0n) is 11.6. The molecule has 3 nitrogen and oxygen atoms in total. The van der Waals surface area contributed by atoms with E-state index < -0.39 is 0 Å². The molecule has 1 aromatic rings. The minimum absolute atomic E-state index is 0.0880. The van der Waals surface area contributed by atoms with Crippen molar-refractivity contribution in [1.29, 1.82) is 0 Å². The molecule has 1 aliphatic heterocycles. The van der Waals surface area contributed by atoms with Crippen LogP contribution in [0.2, 0.25) is 5.02 Å². The van der Waals surface area contributed by atoms with E-state index >= 15 is 0 Å². The van der Waals surface area contributed by atoms with Crippen LogP contribution in [0.5, 0.6) is 0 Å². The summed E-state index contributed by atoms with van der Waals surface area (Å²) in [6, 6.07) is 5.46. The minimum atomic E-state index is 0.0880. The van der Waals surface area contributed by atoms with Crippen LogP contribution in [0.4, 0.5) is 5.69 Å². The largest absolute Gasteiger partial charge is 0.385 e. The number of amides is 1. The van der Waals surface area contributed by atoms with E-state index in [4.69, 9.17) is 11.6 Å². The van der Waals surface area contributed by atoms with E-state index in [0.29, 0.717) is 16.5 Å². The van der Waals surface area contributed by atoms with Gasteiger partial charge in [-0.25, -0.2) is 0 Å². The van der Waals surface area contributed by atoms with E-state index in [1.807, 2.05) is 24.0 Å². The van der Waals surface area contributed by atoms with Crippen molar-refractivity contribution in [3.05, 3.63) is 28.8 Å². The highest BCUT2D eigenvalue weighted by Crippen LogP contribution is 2.24. The number of hydrogen-bond donors (Lipinski definition) is 1. The Balaban J connectivity index is 2.24. The Hall–Kier alpha value is -1.22. The molecular formula is C15H21ClN2O. The van der Waals surface area contributed by atoms with Crippen molar-refractivity contribution in [3.63, 3.8) is 0 Å². The molecule has 0 aromatic heterocycles. The average molecular weight is 281 g/mol. The lowest BCUT2D eigenvalue weighted by atomic mass is 9.99. The molecule has 0 aliphatic carbocycles. The second-order valence-corrected chi connectivity index (χ2v) is 5.66. The molecule has 1 amide bonds. The molecule has 19 heavy (non-hydrogen) atoms. The molecule has 1 heterocycles. The van der Waals surface area contributed by atoms with Crippen molar-refractivity contribution in [2.75, 3.05) is 25.0 Å². The van der Waals surface area contributed by atoms with Crippen LogP contribution in [0, 0.1) is 5.92 Å². The summed E-state index contributed by atoms with van der Waals surface area (Å²) in [5, 5.41) is 3.83. The SMILES string of the molecule is CCNc1ccc(Cl)cc1C(=O)N1CCCC(C)C1. The first kappa shape index (κ1) is 14.2. The van der Waals surface area contributed by atoms with Gasteiger partial charge in [-0.05, 0) is 43.9 Å². The van der Waals surface area contributed by atoms with E-state index in [0.717, 1.165) is 31.7 Å². The fourth-order valence-electron chi connectivity index (χ4n) is 2.58. The Labute approximate surface area is 119 Å². The van der Waals surface area contributed by atoms with E-state index in [-0.39, 0.29) is 5.91 Å². The number of nitrogens with one attached hydrogen (secondary N) is 1. The van der Waals surface area contributed by atoms with Gasteiger partial charge >= 0.3 is 0 Å². The van der Waals surface area contributed by atoms with Crippen LogP contribution in [0.25, 0.3) is 0 Å². The van der Waals surface area contributed by atoms with Gasteiger partial charge in [0.2, 0.25) is 0 Å². The smallest absolute Gasteiger partial charge is 0.256 e. The van der Waals surface area contributed by atoms with Crippen molar-refractivity contribution >= 4 is 23.2 Å². The minimum Gasteiger partial charge on any atom is -0.385 e. The molecule has 1 aliphatic rings. The number of piperidine rings is 1. The van der Waals surface area contributed by atoms with Crippen molar-refractivity contribution in [3.8, 4) is 0 Å². The Morgan fingerprint density at radius 3 is 3.00 bits per heavy atom. The highest BCUT2D eigenvalue weighted by Gasteiger charge is 2.23. The molecule has 104 valence electrons. The number of halogens is 1. The summed E-state index contributed by atoms with van der Waals surface area (Å²) in [5.41, 5.74) is 1.55. The number of likely N-dealkylation sites (tertiary alicyclic amines) is 1. The zero-order chi connectivity index (χ0) is 13.8. The van der Waals surface area contributed by atoms with Gasteiger partial charge in [0.05, 0.1) is 5.56 Å². The summed E-state index contributed by atoms with van der Waals surface area (Å²) in [6.45, 7) is 6.70. The van der Waals surface area contributed by atoms with Gasteiger partial charge < -0.3 is 10.2 Å². The van der Waals surface area contributed by atoms with Crippen molar-refractivity contribution < 1.29 is 4.79 Å². The molecule has 1 atom stereocenters. The summed E-state index contributed by atoms with van der Waals surface area (Å²) in [7, 11) is 0. The fraction of sp³-hybridized carbons (Fsp3) is 0.533. The Kier molecular flexibility index (Phi) is 4.70. The lowest BCUT2D eigenvalue weighted by molar-refractivity contribution is 0.0684. The predicted molar refractivity (Wildman–Crippen MR) is 79.9 cm³/mol. The van der Waals surface area contributed by atoms with Gasteiger partial charge in [0.15, 0.2) is 0 Å². The van der Waals surface area contributed by atoms with E-state index in [1.165, 1.54) is 6.42 Å². The third-order valence-corrected chi connectivity index (χ3v) is 3.76. The molecule has 0 saturated carbocycles. The fourth-order valence-corrected chi connectivity index (χ4v) is 2.75. The third kappa shape index (κ3) is 3.41. The summed E-state index contributed by atoms with van der Waals surface area (Å²) >= 11 is 6.03. The highest BCUT2D eigenvalue weighted by molar-refractivity contribution is 6.31. The second kappa shape index (κ2) is 6.29. The van der Waals surface area contributed by atoms with E-state index in [2.05, 4.69) is 12.2 Å². The number of nitrogens with zero attached hydrogens (tertiary/aromatic N) is 1. The Bertz CT molecular complexity index is 461. The van der Waals surface area contributed by atoms with Crippen LogP contribution in [0.1, 0.15) is 37.0 Å². The molecule has 1 N–H and O–H groups in total. The first-order valence-corrected chi connectivity index (χ1v) is 7.32. The maximum Gasteiger partial charge on any atom is 0.256 e. The maximum atomic E-state index is 12.6. The standard InChI is InChI=1S/C15H21ClN2O/c1-3-17-14-7-6-12(16)9-13(14)15(19)18-8-4-5-11(2)10-18/h6-7,9,11,17H,3-5,8,10H2,1-2H3. The van der Waals surface area contributed by atoms with Crippen molar-refractivity contribution in [2.45, 2.75) is 26.7 Å². The molecule has 1 saturated heterocycles.